The van der Waals surface area contributed by atoms with Crippen LogP contribution >= 0.6 is 0 Å². The van der Waals surface area contributed by atoms with Gasteiger partial charge in [-0.1, -0.05) is 29.8 Å². The van der Waals surface area contributed by atoms with Gasteiger partial charge in [0.25, 0.3) is 0 Å². The first-order valence-corrected chi connectivity index (χ1v) is 5.68. The first-order valence-electron chi connectivity index (χ1n) is 5.68. The van der Waals surface area contributed by atoms with Gasteiger partial charge < -0.3 is 4.74 Å². The van der Waals surface area contributed by atoms with Crippen LogP contribution in [0.5, 0.6) is 0 Å². The van der Waals surface area contributed by atoms with Crippen LogP contribution in [0.3, 0.4) is 0 Å². The Morgan fingerprint density at radius 1 is 1.24 bits per heavy atom. The zero-order chi connectivity index (χ0) is 12.9. The van der Waals surface area contributed by atoms with Crippen LogP contribution in [0.25, 0.3) is 0 Å². The molecule has 1 atom stereocenters. The number of aryl methyl sites for hydroxylation is 1. The van der Waals surface area contributed by atoms with Crippen molar-refractivity contribution in [1.82, 2.24) is 0 Å². The number of hydrogen-bond acceptors (Lipinski definition) is 3. The van der Waals surface area contributed by atoms with Crippen LogP contribution in [0.15, 0.2) is 24.3 Å². The first kappa shape index (κ1) is 13.6. The molecule has 0 spiro atoms. The summed E-state index contributed by atoms with van der Waals surface area (Å²) in [7, 11) is 0. The molecule has 92 valence electrons. The Hall–Kier alpha value is -1.44. The molecule has 2 rings (SSSR count). The van der Waals surface area contributed by atoms with Crippen LogP contribution < -0.4 is 0 Å². The summed E-state index contributed by atoms with van der Waals surface area (Å²) in [4.78, 5) is 16.2. The standard InChI is InChI=1S/C13H18O.CO2/c1-10-4-6-11(7-5-10)12-8-13(2,3)14-9-12;2-1-3/h4-7,12H,8-9H2,1-3H3;/t12-;/m0./s1. The van der Waals surface area contributed by atoms with Crippen molar-refractivity contribution in [2.75, 3.05) is 6.61 Å². The molecule has 0 N–H and O–H groups in total. The second-order valence-electron chi connectivity index (χ2n) is 4.97. The summed E-state index contributed by atoms with van der Waals surface area (Å²) >= 11 is 0. The molecule has 0 radical (unpaired) electrons. The summed E-state index contributed by atoms with van der Waals surface area (Å²) in [5, 5.41) is 0. The summed E-state index contributed by atoms with van der Waals surface area (Å²) in [5.41, 5.74) is 2.81. The van der Waals surface area contributed by atoms with Crippen molar-refractivity contribution in [3.8, 4) is 0 Å². The highest BCUT2D eigenvalue weighted by atomic mass is 16.5. The van der Waals surface area contributed by atoms with E-state index in [1.807, 2.05) is 0 Å². The Kier molecular flexibility index (Phi) is 4.62. The molecule has 0 aliphatic carbocycles. The third-order valence-electron chi connectivity index (χ3n) is 2.96. The van der Waals surface area contributed by atoms with E-state index in [0.717, 1.165) is 13.0 Å². The maximum Gasteiger partial charge on any atom is 0.373 e. The quantitative estimate of drug-likeness (QED) is 0.750. The highest BCUT2D eigenvalue weighted by Gasteiger charge is 2.32. The fourth-order valence-electron chi connectivity index (χ4n) is 2.09. The van der Waals surface area contributed by atoms with Gasteiger partial charge in [0.2, 0.25) is 0 Å². The Bertz CT molecular complexity index is 386. The van der Waals surface area contributed by atoms with Gasteiger partial charge in [-0.2, -0.15) is 9.59 Å². The van der Waals surface area contributed by atoms with E-state index in [1.165, 1.54) is 11.1 Å². The monoisotopic (exact) mass is 234 g/mol. The Labute approximate surface area is 102 Å². The predicted octanol–water partition coefficient (Wildman–Crippen LogP) is 2.69. The Morgan fingerprint density at radius 2 is 1.76 bits per heavy atom. The lowest BCUT2D eigenvalue weighted by Crippen LogP contribution is -2.16. The van der Waals surface area contributed by atoms with Crippen molar-refractivity contribution in [3.63, 3.8) is 0 Å². The highest BCUT2D eigenvalue weighted by molar-refractivity contribution is 5.25. The van der Waals surface area contributed by atoms with E-state index >= 15 is 0 Å². The van der Waals surface area contributed by atoms with E-state index in [9.17, 15) is 0 Å². The van der Waals surface area contributed by atoms with Gasteiger partial charge in [-0.05, 0) is 32.8 Å². The van der Waals surface area contributed by atoms with Crippen LogP contribution in [-0.4, -0.2) is 18.4 Å². The van der Waals surface area contributed by atoms with Crippen molar-refractivity contribution in [1.29, 1.82) is 0 Å². The van der Waals surface area contributed by atoms with E-state index in [2.05, 4.69) is 45.0 Å². The normalized spacial score (nSPS) is 21.2. The van der Waals surface area contributed by atoms with Crippen molar-refractivity contribution in [2.24, 2.45) is 0 Å². The first-order chi connectivity index (χ1) is 7.98. The minimum atomic E-state index is 0.0650. The average Bonchev–Trinajstić information content (AvgIpc) is 2.61. The van der Waals surface area contributed by atoms with Gasteiger partial charge in [0.05, 0.1) is 12.2 Å². The molecular formula is C14H18O3. The van der Waals surface area contributed by atoms with Crippen molar-refractivity contribution < 1.29 is 14.3 Å². The maximum atomic E-state index is 8.12. The smallest absolute Gasteiger partial charge is 0.373 e. The van der Waals surface area contributed by atoms with Crippen molar-refractivity contribution in [2.45, 2.75) is 38.7 Å². The number of ether oxygens (including phenoxy) is 1. The SMILES string of the molecule is Cc1ccc([C@@H]2COC(C)(C)C2)cc1.O=C=O. The fraction of sp³-hybridized carbons (Fsp3) is 0.500. The fourth-order valence-corrected chi connectivity index (χ4v) is 2.09. The molecule has 1 fully saturated rings. The van der Waals surface area contributed by atoms with Crippen LogP contribution in [0.1, 0.15) is 37.3 Å². The zero-order valence-corrected chi connectivity index (χ0v) is 10.5. The highest BCUT2D eigenvalue weighted by Crippen LogP contribution is 2.35. The molecule has 0 aromatic heterocycles. The summed E-state index contributed by atoms with van der Waals surface area (Å²) < 4.78 is 5.74. The number of hydrogen-bond donors (Lipinski definition) is 0. The molecule has 1 aliphatic heterocycles. The third-order valence-corrected chi connectivity index (χ3v) is 2.96. The molecule has 1 saturated heterocycles. The van der Waals surface area contributed by atoms with Crippen LogP contribution in [0.2, 0.25) is 0 Å². The summed E-state index contributed by atoms with van der Waals surface area (Å²) in [6.45, 7) is 7.33. The number of benzene rings is 1. The predicted molar refractivity (Wildman–Crippen MR) is 63.6 cm³/mol. The van der Waals surface area contributed by atoms with Crippen LogP contribution in [0.4, 0.5) is 0 Å². The van der Waals surface area contributed by atoms with Gasteiger partial charge in [0, 0.05) is 5.92 Å². The van der Waals surface area contributed by atoms with Crippen molar-refractivity contribution in [3.05, 3.63) is 35.4 Å². The molecule has 0 unspecified atom stereocenters. The number of carbonyl (C=O) groups excluding carboxylic acids is 2. The van der Waals surface area contributed by atoms with Gasteiger partial charge in [-0.25, -0.2) is 0 Å². The Balaban J connectivity index is 0.000000437. The molecule has 1 heterocycles. The maximum absolute atomic E-state index is 8.12. The van der Waals surface area contributed by atoms with Gasteiger partial charge in [-0.3, -0.25) is 0 Å². The molecule has 17 heavy (non-hydrogen) atoms. The average molecular weight is 234 g/mol. The Morgan fingerprint density at radius 3 is 2.18 bits per heavy atom. The van der Waals surface area contributed by atoms with Gasteiger partial charge in [0.15, 0.2) is 0 Å². The van der Waals surface area contributed by atoms with E-state index < -0.39 is 0 Å². The van der Waals surface area contributed by atoms with Gasteiger partial charge in [-0.15, -0.1) is 0 Å². The van der Waals surface area contributed by atoms with Gasteiger partial charge in [0.1, 0.15) is 0 Å². The lowest BCUT2D eigenvalue weighted by atomic mass is 9.91. The second kappa shape index (κ2) is 5.76. The van der Waals surface area contributed by atoms with E-state index in [1.54, 1.807) is 0 Å². The molecule has 1 aromatic rings. The minimum Gasteiger partial charge on any atom is -0.375 e. The molecule has 0 amide bonds. The van der Waals surface area contributed by atoms with Crippen LogP contribution in [0, 0.1) is 6.92 Å². The lowest BCUT2D eigenvalue weighted by molar-refractivity contribution is -0.191. The summed E-state index contributed by atoms with van der Waals surface area (Å²) in [6, 6.07) is 8.82. The summed E-state index contributed by atoms with van der Waals surface area (Å²) in [6.07, 6.45) is 1.38. The van der Waals surface area contributed by atoms with Crippen molar-refractivity contribution >= 4 is 6.15 Å². The molecule has 0 saturated carbocycles. The molecule has 3 nitrogen and oxygen atoms in total. The molecule has 1 aliphatic rings. The molecule has 3 heteroatoms. The van der Waals surface area contributed by atoms with E-state index in [-0.39, 0.29) is 11.8 Å². The largest absolute Gasteiger partial charge is 0.375 e. The lowest BCUT2D eigenvalue weighted by Gasteiger charge is -2.15. The van der Waals surface area contributed by atoms with Gasteiger partial charge >= 0.3 is 6.15 Å². The molecular weight excluding hydrogens is 216 g/mol. The van der Waals surface area contributed by atoms with E-state index in [0.29, 0.717) is 5.92 Å². The third kappa shape index (κ3) is 4.14. The van der Waals surface area contributed by atoms with E-state index in [4.69, 9.17) is 14.3 Å². The number of rotatable bonds is 1. The summed E-state index contributed by atoms with van der Waals surface area (Å²) in [5.74, 6) is 0.589. The second-order valence-corrected chi connectivity index (χ2v) is 4.97. The minimum absolute atomic E-state index is 0.0650. The molecule has 1 aromatic carbocycles. The van der Waals surface area contributed by atoms with Crippen LogP contribution in [-0.2, 0) is 14.3 Å². The molecule has 0 bridgehead atoms. The zero-order valence-electron chi connectivity index (χ0n) is 10.5. The topological polar surface area (TPSA) is 43.4 Å².